The molecule has 4 nitrogen and oxygen atoms in total. The first-order valence-electron chi connectivity index (χ1n) is 8.16. The maximum absolute atomic E-state index is 13.2. The smallest absolute Gasteiger partial charge is 0.200 e. The Bertz CT molecular complexity index is 931. The Morgan fingerprint density at radius 2 is 1.72 bits per heavy atom. The summed E-state index contributed by atoms with van der Waals surface area (Å²) in [5.41, 5.74) is 2.67. The van der Waals surface area contributed by atoms with E-state index in [0.29, 0.717) is 6.42 Å². The highest BCUT2D eigenvalue weighted by Crippen LogP contribution is 2.39. The van der Waals surface area contributed by atoms with Crippen molar-refractivity contribution < 1.29 is 8.42 Å². The molecule has 1 heterocycles. The minimum Gasteiger partial charge on any atom is -0.200 e. The van der Waals surface area contributed by atoms with Crippen LogP contribution in [-0.4, -0.2) is 24.1 Å². The van der Waals surface area contributed by atoms with Gasteiger partial charge in [0, 0.05) is 6.42 Å². The van der Waals surface area contributed by atoms with Gasteiger partial charge in [-0.05, 0) is 38.5 Å². The van der Waals surface area contributed by atoms with E-state index >= 15 is 0 Å². The van der Waals surface area contributed by atoms with Gasteiger partial charge in [0.25, 0.3) is 10.0 Å². The molecule has 0 spiro atoms. The van der Waals surface area contributed by atoms with Crippen LogP contribution >= 0.6 is 0 Å². The molecule has 2 aromatic carbocycles. The molecule has 0 amide bonds. The van der Waals surface area contributed by atoms with Crippen molar-refractivity contribution in [1.82, 2.24) is 4.41 Å². The zero-order valence-electron chi connectivity index (χ0n) is 14.7. The Balaban J connectivity index is 2.11. The molecule has 0 unspecified atom stereocenters. The maximum Gasteiger partial charge on any atom is 0.279 e. The van der Waals surface area contributed by atoms with Gasteiger partial charge < -0.3 is 0 Å². The molecule has 0 radical (unpaired) electrons. The van der Waals surface area contributed by atoms with E-state index in [4.69, 9.17) is 0 Å². The van der Waals surface area contributed by atoms with Gasteiger partial charge in [-0.1, -0.05) is 60.2 Å². The highest BCUT2D eigenvalue weighted by molar-refractivity contribution is 7.89. The fraction of sp³-hybridized carbons (Fsp3) is 0.250. The van der Waals surface area contributed by atoms with Crippen molar-refractivity contribution in [3.05, 3.63) is 77.9 Å². The van der Waals surface area contributed by atoms with Crippen molar-refractivity contribution in [2.24, 2.45) is 5.10 Å². The summed E-state index contributed by atoms with van der Waals surface area (Å²) in [4.78, 5) is 0.239. The number of rotatable bonds is 4. The summed E-state index contributed by atoms with van der Waals surface area (Å²) in [6.07, 6.45) is 0.497. The lowest BCUT2D eigenvalue weighted by molar-refractivity contribution is 0.289. The minimum absolute atomic E-state index is 0.239. The Hall–Kier alpha value is -2.40. The SMILES string of the molecule is C=C(C)[C@@]1(C)CC(c2ccccc2)=NN1S(=O)(=O)c1ccc(C)cc1. The Labute approximate surface area is 149 Å². The van der Waals surface area contributed by atoms with Gasteiger partial charge in [0.15, 0.2) is 0 Å². The van der Waals surface area contributed by atoms with Crippen LogP contribution in [-0.2, 0) is 10.0 Å². The highest BCUT2D eigenvalue weighted by atomic mass is 32.2. The molecule has 2 aromatic rings. The summed E-state index contributed by atoms with van der Waals surface area (Å²) in [5.74, 6) is 0. The second-order valence-corrected chi connectivity index (χ2v) is 8.47. The molecule has 0 aliphatic carbocycles. The zero-order chi connectivity index (χ0) is 18.2. The first-order chi connectivity index (χ1) is 11.7. The second-order valence-electron chi connectivity index (χ2n) is 6.70. The molecule has 5 heteroatoms. The van der Waals surface area contributed by atoms with Crippen LogP contribution in [0.25, 0.3) is 0 Å². The molecule has 1 atom stereocenters. The molecule has 0 bridgehead atoms. The van der Waals surface area contributed by atoms with E-state index in [1.54, 1.807) is 24.3 Å². The lowest BCUT2D eigenvalue weighted by atomic mass is 9.88. The van der Waals surface area contributed by atoms with Crippen molar-refractivity contribution in [3.63, 3.8) is 0 Å². The lowest BCUT2D eigenvalue weighted by Crippen LogP contribution is -2.44. The number of aryl methyl sites for hydroxylation is 1. The molecule has 25 heavy (non-hydrogen) atoms. The van der Waals surface area contributed by atoms with Gasteiger partial charge in [-0.2, -0.15) is 17.9 Å². The van der Waals surface area contributed by atoms with Crippen LogP contribution in [0.15, 0.2) is 76.7 Å². The first-order valence-corrected chi connectivity index (χ1v) is 9.60. The van der Waals surface area contributed by atoms with Crippen molar-refractivity contribution in [1.29, 1.82) is 0 Å². The standard InChI is InChI=1S/C20H22N2O2S/c1-15(2)20(4)14-19(17-8-6-5-7-9-17)21-22(20)25(23,24)18-12-10-16(3)11-13-18/h5-13H,1,14H2,2-4H3/t20-/m1/s1. The van der Waals surface area contributed by atoms with Crippen molar-refractivity contribution >= 4 is 15.7 Å². The molecule has 130 valence electrons. The summed E-state index contributed by atoms with van der Waals surface area (Å²) in [5, 5.41) is 4.50. The predicted octanol–water partition coefficient (Wildman–Crippen LogP) is 4.13. The second kappa shape index (κ2) is 6.15. The largest absolute Gasteiger partial charge is 0.279 e. The van der Waals surface area contributed by atoms with Gasteiger partial charge in [-0.25, -0.2) is 0 Å². The predicted molar refractivity (Wildman–Crippen MR) is 101 cm³/mol. The third kappa shape index (κ3) is 3.00. The number of benzene rings is 2. The van der Waals surface area contributed by atoms with Gasteiger partial charge in [0.05, 0.1) is 16.1 Å². The van der Waals surface area contributed by atoms with Gasteiger partial charge >= 0.3 is 0 Å². The number of sulfonamides is 1. The topological polar surface area (TPSA) is 49.7 Å². The van der Waals surface area contributed by atoms with E-state index in [9.17, 15) is 8.42 Å². The van der Waals surface area contributed by atoms with Crippen LogP contribution in [0.4, 0.5) is 0 Å². The van der Waals surface area contributed by atoms with E-state index in [1.807, 2.05) is 51.1 Å². The molecular formula is C20H22N2O2S. The summed E-state index contributed by atoms with van der Waals surface area (Å²) in [6.45, 7) is 9.68. The summed E-state index contributed by atoms with van der Waals surface area (Å²) >= 11 is 0. The highest BCUT2D eigenvalue weighted by Gasteiger charge is 2.46. The Morgan fingerprint density at radius 3 is 2.28 bits per heavy atom. The summed E-state index contributed by atoms with van der Waals surface area (Å²) < 4.78 is 27.7. The fourth-order valence-corrected chi connectivity index (χ4v) is 4.52. The van der Waals surface area contributed by atoms with E-state index in [-0.39, 0.29) is 4.90 Å². The normalized spacial score (nSPS) is 20.4. The molecular weight excluding hydrogens is 332 g/mol. The van der Waals surface area contributed by atoms with Crippen molar-refractivity contribution in [2.45, 2.75) is 37.6 Å². The van der Waals surface area contributed by atoms with Gasteiger partial charge in [0.1, 0.15) is 0 Å². The van der Waals surface area contributed by atoms with E-state index in [1.165, 1.54) is 4.41 Å². The van der Waals surface area contributed by atoms with Crippen LogP contribution in [0.1, 0.15) is 31.4 Å². The molecule has 3 rings (SSSR count). The van der Waals surface area contributed by atoms with Crippen LogP contribution in [0, 0.1) is 6.92 Å². The Morgan fingerprint density at radius 1 is 1.12 bits per heavy atom. The van der Waals surface area contributed by atoms with E-state index in [0.717, 1.165) is 22.4 Å². The van der Waals surface area contributed by atoms with Gasteiger partial charge in [0.2, 0.25) is 0 Å². The van der Waals surface area contributed by atoms with Gasteiger partial charge in [-0.3, -0.25) is 0 Å². The van der Waals surface area contributed by atoms with E-state index in [2.05, 4.69) is 11.7 Å². The van der Waals surface area contributed by atoms with Crippen LogP contribution < -0.4 is 0 Å². The fourth-order valence-electron chi connectivity index (χ4n) is 2.88. The number of hydrazone groups is 1. The summed E-state index contributed by atoms with van der Waals surface area (Å²) in [7, 11) is -3.76. The molecule has 0 N–H and O–H groups in total. The number of nitrogens with zero attached hydrogens (tertiary/aromatic N) is 2. The van der Waals surface area contributed by atoms with Crippen molar-refractivity contribution in [3.8, 4) is 0 Å². The van der Waals surface area contributed by atoms with Crippen LogP contribution in [0.3, 0.4) is 0 Å². The third-order valence-corrected chi connectivity index (χ3v) is 6.53. The quantitative estimate of drug-likeness (QED) is 0.775. The van der Waals surface area contributed by atoms with Gasteiger partial charge in [-0.15, -0.1) is 0 Å². The number of hydrogen-bond acceptors (Lipinski definition) is 3. The third-order valence-electron chi connectivity index (χ3n) is 4.72. The average molecular weight is 354 g/mol. The van der Waals surface area contributed by atoms with Crippen molar-refractivity contribution in [2.75, 3.05) is 0 Å². The average Bonchev–Trinajstić information content (AvgIpc) is 2.96. The molecule has 0 saturated heterocycles. The molecule has 0 saturated carbocycles. The maximum atomic E-state index is 13.2. The Kier molecular flexibility index (Phi) is 4.29. The van der Waals surface area contributed by atoms with E-state index < -0.39 is 15.6 Å². The zero-order valence-corrected chi connectivity index (χ0v) is 15.5. The first kappa shape index (κ1) is 17.4. The molecule has 1 aliphatic rings. The van der Waals surface area contributed by atoms with Crippen LogP contribution in [0.5, 0.6) is 0 Å². The molecule has 0 aromatic heterocycles. The number of hydrogen-bond donors (Lipinski definition) is 0. The minimum atomic E-state index is -3.76. The monoisotopic (exact) mass is 354 g/mol. The summed E-state index contributed by atoms with van der Waals surface area (Å²) in [6, 6.07) is 16.5. The lowest BCUT2D eigenvalue weighted by Gasteiger charge is -2.33. The van der Waals surface area contributed by atoms with Crippen LogP contribution in [0.2, 0.25) is 0 Å². The molecule has 1 aliphatic heterocycles. The molecule has 0 fully saturated rings.